The van der Waals surface area contributed by atoms with Gasteiger partial charge in [-0.3, -0.25) is 4.90 Å². The maximum atomic E-state index is 10.3. The van der Waals surface area contributed by atoms with Crippen LogP contribution in [-0.4, -0.2) is 48.8 Å². The summed E-state index contributed by atoms with van der Waals surface area (Å²) in [6, 6.07) is 8.90. The van der Waals surface area contributed by atoms with Crippen molar-refractivity contribution in [3.8, 4) is 5.75 Å². The van der Waals surface area contributed by atoms with E-state index in [9.17, 15) is 5.11 Å². The molecular weight excluding hydrogens is 252 g/mol. The molecule has 0 bridgehead atoms. The summed E-state index contributed by atoms with van der Waals surface area (Å²) in [5.74, 6) is 0.825. The van der Waals surface area contributed by atoms with Gasteiger partial charge < -0.3 is 15.2 Å². The van der Waals surface area contributed by atoms with E-state index in [2.05, 4.69) is 10.2 Å². The second-order valence-corrected chi connectivity index (χ2v) is 5.84. The fourth-order valence-corrected chi connectivity index (χ4v) is 3.53. The molecule has 0 aromatic heterocycles. The zero-order valence-electron chi connectivity index (χ0n) is 12.1. The maximum Gasteiger partial charge on any atom is 0.118 e. The van der Waals surface area contributed by atoms with Gasteiger partial charge in [0, 0.05) is 25.2 Å². The van der Waals surface area contributed by atoms with E-state index in [4.69, 9.17) is 4.74 Å². The second kappa shape index (κ2) is 6.12. The molecule has 1 aromatic rings. The van der Waals surface area contributed by atoms with Gasteiger partial charge in [0.2, 0.25) is 0 Å². The van der Waals surface area contributed by atoms with Gasteiger partial charge in [-0.15, -0.1) is 0 Å². The number of ether oxygens (including phenoxy) is 1. The van der Waals surface area contributed by atoms with Gasteiger partial charge in [0.15, 0.2) is 0 Å². The fourth-order valence-electron chi connectivity index (χ4n) is 3.53. The fraction of sp³-hybridized carbons (Fsp3) is 0.625. The van der Waals surface area contributed by atoms with Crippen LogP contribution in [0.15, 0.2) is 24.3 Å². The molecule has 0 spiro atoms. The lowest BCUT2D eigenvalue weighted by molar-refractivity contribution is 0.166. The molecule has 2 N–H and O–H groups in total. The van der Waals surface area contributed by atoms with Crippen LogP contribution >= 0.6 is 0 Å². The highest BCUT2D eigenvalue weighted by Crippen LogP contribution is 2.28. The highest BCUT2D eigenvalue weighted by Gasteiger charge is 2.36. The number of methoxy groups -OCH3 is 1. The number of fused-ring (bicyclic) bond motifs is 1. The number of aliphatic hydroxyl groups excluding tert-OH is 1. The maximum absolute atomic E-state index is 10.3. The van der Waals surface area contributed by atoms with Crippen molar-refractivity contribution in [3.05, 3.63) is 29.8 Å². The number of rotatable bonds is 5. The molecule has 0 radical (unpaired) electrons. The summed E-state index contributed by atoms with van der Waals surface area (Å²) in [7, 11) is 1.65. The lowest BCUT2D eigenvalue weighted by atomic mass is 10.1. The molecular formula is C16H24N2O2. The van der Waals surface area contributed by atoms with Crippen molar-refractivity contribution >= 4 is 0 Å². The van der Waals surface area contributed by atoms with Gasteiger partial charge in [-0.05, 0) is 43.5 Å². The summed E-state index contributed by atoms with van der Waals surface area (Å²) in [5, 5.41) is 13.8. The van der Waals surface area contributed by atoms with Crippen LogP contribution in [0.3, 0.4) is 0 Å². The Hall–Kier alpha value is -1.10. The largest absolute Gasteiger partial charge is 0.497 e. The highest BCUT2D eigenvalue weighted by molar-refractivity contribution is 5.28. The third-order valence-electron chi connectivity index (χ3n) is 4.68. The summed E-state index contributed by atoms with van der Waals surface area (Å²) in [6.45, 7) is 3.09. The predicted octanol–water partition coefficient (Wildman–Crippen LogP) is 1.55. The van der Waals surface area contributed by atoms with Crippen molar-refractivity contribution in [2.24, 2.45) is 0 Å². The van der Waals surface area contributed by atoms with E-state index in [1.807, 2.05) is 24.3 Å². The van der Waals surface area contributed by atoms with E-state index in [1.165, 1.54) is 32.4 Å². The number of hydrogen-bond donors (Lipinski definition) is 2. The molecule has 3 rings (SSSR count). The van der Waals surface area contributed by atoms with Gasteiger partial charge in [0.25, 0.3) is 0 Å². The van der Waals surface area contributed by atoms with Gasteiger partial charge >= 0.3 is 0 Å². The van der Waals surface area contributed by atoms with Crippen LogP contribution in [0.25, 0.3) is 0 Å². The summed E-state index contributed by atoms with van der Waals surface area (Å²) in [5.41, 5.74) is 0.944. The molecule has 0 saturated carbocycles. The Morgan fingerprint density at radius 3 is 2.85 bits per heavy atom. The first kappa shape index (κ1) is 13.9. The van der Waals surface area contributed by atoms with Crippen LogP contribution in [-0.2, 0) is 0 Å². The van der Waals surface area contributed by atoms with Gasteiger partial charge in [0.1, 0.15) is 5.75 Å². The zero-order chi connectivity index (χ0) is 13.9. The molecule has 2 aliphatic rings. The smallest absolute Gasteiger partial charge is 0.118 e. The van der Waals surface area contributed by atoms with E-state index in [0.717, 1.165) is 11.3 Å². The van der Waals surface area contributed by atoms with Crippen LogP contribution in [0, 0.1) is 0 Å². The topological polar surface area (TPSA) is 44.7 Å². The van der Waals surface area contributed by atoms with Crippen LogP contribution in [0.5, 0.6) is 5.75 Å². The summed E-state index contributed by atoms with van der Waals surface area (Å²) in [6.07, 6.45) is 3.39. The van der Waals surface area contributed by atoms with E-state index < -0.39 is 6.10 Å². The van der Waals surface area contributed by atoms with Crippen molar-refractivity contribution in [3.63, 3.8) is 0 Å². The molecule has 1 aromatic carbocycles. The Morgan fingerprint density at radius 2 is 2.10 bits per heavy atom. The Morgan fingerprint density at radius 1 is 1.30 bits per heavy atom. The molecule has 2 heterocycles. The standard InChI is InChI=1S/C16H24N2O2/c1-20-13-6-4-12(5-7-13)16(19)11-17-14-8-10-18-9-2-3-15(14)18/h4-7,14-17,19H,2-3,8-11H2,1H3. The predicted molar refractivity (Wildman–Crippen MR) is 79.0 cm³/mol. The third-order valence-corrected chi connectivity index (χ3v) is 4.68. The molecule has 2 fully saturated rings. The van der Waals surface area contributed by atoms with E-state index >= 15 is 0 Å². The molecule has 4 heteroatoms. The van der Waals surface area contributed by atoms with Crippen LogP contribution in [0.4, 0.5) is 0 Å². The molecule has 0 amide bonds. The molecule has 3 atom stereocenters. The van der Waals surface area contributed by atoms with Gasteiger partial charge in [0.05, 0.1) is 13.2 Å². The first-order valence-corrected chi connectivity index (χ1v) is 7.57. The first-order chi connectivity index (χ1) is 9.78. The third kappa shape index (κ3) is 2.82. The minimum Gasteiger partial charge on any atom is -0.497 e. The van der Waals surface area contributed by atoms with E-state index in [0.29, 0.717) is 18.6 Å². The number of nitrogens with one attached hydrogen (secondary N) is 1. The quantitative estimate of drug-likeness (QED) is 0.856. The van der Waals surface area contributed by atoms with Crippen molar-refractivity contribution < 1.29 is 9.84 Å². The molecule has 2 aliphatic heterocycles. The summed E-state index contributed by atoms with van der Waals surface area (Å²) >= 11 is 0. The van der Waals surface area contributed by atoms with Crippen LogP contribution in [0.2, 0.25) is 0 Å². The molecule has 4 nitrogen and oxygen atoms in total. The number of benzene rings is 1. The number of nitrogens with zero attached hydrogens (tertiary/aromatic N) is 1. The van der Waals surface area contributed by atoms with Gasteiger partial charge in [-0.25, -0.2) is 0 Å². The lowest BCUT2D eigenvalue weighted by Crippen LogP contribution is -2.40. The molecule has 20 heavy (non-hydrogen) atoms. The minimum atomic E-state index is -0.448. The zero-order valence-corrected chi connectivity index (χ0v) is 12.1. The number of hydrogen-bond acceptors (Lipinski definition) is 4. The van der Waals surface area contributed by atoms with Crippen molar-refractivity contribution in [1.29, 1.82) is 0 Å². The van der Waals surface area contributed by atoms with Crippen LogP contribution < -0.4 is 10.1 Å². The molecule has 3 unspecified atom stereocenters. The van der Waals surface area contributed by atoms with E-state index in [1.54, 1.807) is 7.11 Å². The summed E-state index contributed by atoms with van der Waals surface area (Å²) in [4.78, 5) is 2.58. The normalized spacial score (nSPS) is 27.5. The highest BCUT2D eigenvalue weighted by atomic mass is 16.5. The van der Waals surface area contributed by atoms with Crippen LogP contribution in [0.1, 0.15) is 30.9 Å². The molecule has 110 valence electrons. The SMILES string of the molecule is COc1ccc(C(O)CNC2CCN3CCCC23)cc1. The second-order valence-electron chi connectivity index (χ2n) is 5.84. The Bertz CT molecular complexity index is 435. The van der Waals surface area contributed by atoms with Gasteiger partial charge in [-0.1, -0.05) is 12.1 Å². The summed E-state index contributed by atoms with van der Waals surface area (Å²) < 4.78 is 5.13. The minimum absolute atomic E-state index is 0.448. The van der Waals surface area contributed by atoms with Crippen molar-refractivity contribution in [1.82, 2.24) is 10.2 Å². The first-order valence-electron chi connectivity index (χ1n) is 7.57. The monoisotopic (exact) mass is 276 g/mol. The van der Waals surface area contributed by atoms with Crippen molar-refractivity contribution in [2.75, 3.05) is 26.7 Å². The molecule has 2 saturated heterocycles. The Kier molecular flexibility index (Phi) is 4.24. The van der Waals surface area contributed by atoms with E-state index in [-0.39, 0.29) is 0 Å². The van der Waals surface area contributed by atoms with Gasteiger partial charge in [-0.2, -0.15) is 0 Å². The van der Waals surface area contributed by atoms with Crippen molar-refractivity contribution in [2.45, 2.75) is 37.5 Å². The number of aliphatic hydroxyl groups is 1. The molecule has 0 aliphatic carbocycles. The average Bonchev–Trinajstić information content (AvgIpc) is 3.08. The Balaban J connectivity index is 1.52. The lowest BCUT2D eigenvalue weighted by Gasteiger charge is -2.23. The Labute approximate surface area is 120 Å². The average molecular weight is 276 g/mol.